The Balaban J connectivity index is 0.891. The Labute approximate surface area is 420 Å². The first-order chi connectivity index (χ1) is 35.7. The van der Waals surface area contributed by atoms with Gasteiger partial charge in [0.05, 0.1) is 44.5 Å². The molecule has 0 aliphatic heterocycles. The van der Waals surface area contributed by atoms with Gasteiger partial charge in [-0.25, -0.2) is 9.97 Å². The van der Waals surface area contributed by atoms with Crippen LogP contribution in [-0.4, -0.2) is 19.1 Å². The van der Waals surface area contributed by atoms with Gasteiger partial charge in [-0.3, -0.25) is 0 Å². The maximum Gasteiger partial charge on any atom is 0.127 e. The first kappa shape index (κ1) is 39.9. The van der Waals surface area contributed by atoms with E-state index in [1.54, 1.807) is 22.7 Å². The average Bonchev–Trinajstić information content (AvgIpc) is 4.19. The SMILES string of the molecule is c1ccc(-c2ccc3c(c2)c2cc(-c4cccc(-c5ccc6c(c5)c5ccccc5n6-c5c6ccccc6nc6sc7ccccc7c56)c4)ccc2n3-c2c3ccccc3nc3sc4ccccc4c23)cc1. The Bertz CT molecular complexity index is 4940. The van der Waals surface area contributed by atoms with Crippen molar-refractivity contribution in [2.24, 2.45) is 0 Å². The van der Waals surface area contributed by atoms with Crippen LogP contribution in [0.15, 0.2) is 231 Å². The Kier molecular flexibility index (Phi) is 8.46. The molecule has 0 saturated carbocycles. The van der Waals surface area contributed by atoms with E-state index in [0.29, 0.717) is 0 Å². The van der Waals surface area contributed by atoms with E-state index >= 15 is 0 Å². The number of para-hydroxylation sites is 3. The molecule has 0 aliphatic rings. The molecule has 6 aromatic heterocycles. The molecule has 0 amide bonds. The summed E-state index contributed by atoms with van der Waals surface area (Å²) >= 11 is 3.54. The monoisotopic (exact) mass is 950 g/mol. The highest BCUT2D eigenvalue weighted by Crippen LogP contribution is 2.47. The Morgan fingerprint density at radius 3 is 1.17 bits per heavy atom. The quantitative estimate of drug-likeness (QED) is 0.172. The van der Waals surface area contributed by atoms with E-state index in [-0.39, 0.29) is 0 Å². The van der Waals surface area contributed by atoms with Gasteiger partial charge in [0.2, 0.25) is 0 Å². The van der Waals surface area contributed by atoms with Crippen LogP contribution >= 0.6 is 22.7 Å². The second-order valence-electron chi connectivity index (χ2n) is 18.8. The van der Waals surface area contributed by atoms with Crippen molar-refractivity contribution in [3.63, 3.8) is 0 Å². The van der Waals surface area contributed by atoms with Crippen LogP contribution in [0.1, 0.15) is 0 Å². The molecule has 0 atom stereocenters. The molecule has 6 heteroatoms. The fourth-order valence-electron chi connectivity index (χ4n) is 11.7. The Hall–Kier alpha value is -8.94. The maximum absolute atomic E-state index is 5.26. The van der Waals surface area contributed by atoms with Gasteiger partial charge in [0, 0.05) is 63.3 Å². The van der Waals surface area contributed by atoms with Gasteiger partial charge in [0.1, 0.15) is 9.66 Å². The van der Waals surface area contributed by atoms with Gasteiger partial charge >= 0.3 is 0 Å². The Morgan fingerprint density at radius 2 is 0.639 bits per heavy atom. The normalized spacial score (nSPS) is 12.2. The molecule has 334 valence electrons. The van der Waals surface area contributed by atoms with Crippen molar-refractivity contribution in [3.05, 3.63) is 231 Å². The zero-order chi connectivity index (χ0) is 47.0. The van der Waals surface area contributed by atoms with Crippen molar-refractivity contribution in [2.75, 3.05) is 0 Å². The number of hydrogen-bond donors (Lipinski definition) is 0. The summed E-state index contributed by atoms with van der Waals surface area (Å²) in [7, 11) is 0. The lowest BCUT2D eigenvalue weighted by atomic mass is 9.96. The standard InChI is InChI=1S/C66H38N4S2/c1-2-15-39(16-3-1)42-29-32-57-51(36-42)52-38-44(31-34-58(52)70(57)64-47-21-5-10-25-54(47)68-66-62(64)49-23-8-13-28-60(49)72-66)41-18-14-17-40(35-41)43-30-33-56-50(37-43)45-19-6-11-26-55(45)69(56)63-46-20-4-9-24-53(46)67-65-61(63)48-22-7-12-27-59(48)71-65/h1-38H. The molecule has 0 bridgehead atoms. The van der Waals surface area contributed by atoms with E-state index in [1.165, 1.54) is 119 Å². The van der Waals surface area contributed by atoms with Gasteiger partial charge in [-0.1, -0.05) is 158 Å². The first-order valence-electron chi connectivity index (χ1n) is 24.4. The van der Waals surface area contributed by atoms with E-state index in [2.05, 4.69) is 240 Å². The highest BCUT2D eigenvalue weighted by atomic mass is 32.1. The number of aromatic nitrogens is 4. The predicted octanol–water partition coefficient (Wildman–Crippen LogP) is 18.7. The number of thiophene rings is 2. The fourth-order valence-corrected chi connectivity index (χ4v) is 13.9. The minimum Gasteiger partial charge on any atom is -0.308 e. The van der Waals surface area contributed by atoms with Crippen LogP contribution in [0, 0.1) is 0 Å². The molecule has 72 heavy (non-hydrogen) atoms. The van der Waals surface area contributed by atoms with Crippen LogP contribution in [0.5, 0.6) is 0 Å². The summed E-state index contributed by atoms with van der Waals surface area (Å²) in [5.41, 5.74) is 16.2. The lowest BCUT2D eigenvalue weighted by molar-refractivity contribution is 1.21. The smallest absolute Gasteiger partial charge is 0.127 e. The van der Waals surface area contributed by atoms with Crippen molar-refractivity contribution in [2.45, 2.75) is 0 Å². The number of fused-ring (bicyclic) bond motifs is 14. The van der Waals surface area contributed by atoms with Crippen molar-refractivity contribution in [3.8, 4) is 44.8 Å². The number of hydrogen-bond acceptors (Lipinski definition) is 4. The first-order valence-corrected chi connectivity index (χ1v) is 26.0. The molecule has 0 spiro atoms. The van der Waals surface area contributed by atoms with Gasteiger partial charge in [0.25, 0.3) is 0 Å². The molecule has 0 saturated heterocycles. The number of rotatable bonds is 5. The van der Waals surface area contributed by atoms with Crippen molar-refractivity contribution >= 4 is 129 Å². The summed E-state index contributed by atoms with van der Waals surface area (Å²) in [6.45, 7) is 0. The van der Waals surface area contributed by atoms with E-state index < -0.39 is 0 Å². The van der Waals surface area contributed by atoms with E-state index in [4.69, 9.17) is 9.97 Å². The van der Waals surface area contributed by atoms with E-state index in [9.17, 15) is 0 Å². The average molecular weight is 951 g/mol. The van der Waals surface area contributed by atoms with Gasteiger partial charge < -0.3 is 9.13 Å². The second-order valence-corrected chi connectivity index (χ2v) is 20.9. The van der Waals surface area contributed by atoms with Crippen LogP contribution in [0.3, 0.4) is 0 Å². The van der Waals surface area contributed by atoms with Crippen LogP contribution in [0.25, 0.3) is 151 Å². The van der Waals surface area contributed by atoms with Crippen molar-refractivity contribution in [1.82, 2.24) is 19.1 Å². The van der Waals surface area contributed by atoms with Crippen molar-refractivity contribution in [1.29, 1.82) is 0 Å². The lowest BCUT2D eigenvalue weighted by Crippen LogP contribution is -1.98. The number of pyridine rings is 2. The summed E-state index contributed by atoms with van der Waals surface area (Å²) in [6.07, 6.45) is 0. The molecule has 0 unspecified atom stereocenters. The Morgan fingerprint density at radius 1 is 0.264 bits per heavy atom. The summed E-state index contributed by atoms with van der Waals surface area (Å²) in [5, 5.41) is 12.0. The van der Waals surface area contributed by atoms with Gasteiger partial charge in [-0.15, -0.1) is 22.7 Å². The van der Waals surface area contributed by atoms with Gasteiger partial charge in [-0.2, -0.15) is 0 Å². The minimum absolute atomic E-state index is 0.998. The lowest BCUT2D eigenvalue weighted by Gasteiger charge is -2.14. The zero-order valence-corrected chi connectivity index (χ0v) is 40.2. The van der Waals surface area contributed by atoms with Crippen molar-refractivity contribution < 1.29 is 0 Å². The summed E-state index contributed by atoms with van der Waals surface area (Å²) in [5.74, 6) is 0. The third kappa shape index (κ3) is 5.79. The van der Waals surface area contributed by atoms with Gasteiger partial charge in [-0.05, 0) is 106 Å². The third-order valence-corrected chi connectivity index (χ3v) is 17.0. The summed E-state index contributed by atoms with van der Waals surface area (Å²) in [6, 6.07) is 84.5. The minimum atomic E-state index is 0.998. The fraction of sp³-hybridized carbons (Fsp3) is 0. The van der Waals surface area contributed by atoms with Crippen LogP contribution in [0.2, 0.25) is 0 Å². The molecular formula is C66H38N4S2. The highest BCUT2D eigenvalue weighted by molar-refractivity contribution is 7.26. The second kappa shape index (κ2) is 15.3. The number of nitrogens with zero attached hydrogens (tertiary/aromatic N) is 4. The highest BCUT2D eigenvalue weighted by Gasteiger charge is 2.24. The molecule has 16 rings (SSSR count). The largest absolute Gasteiger partial charge is 0.308 e. The third-order valence-electron chi connectivity index (χ3n) is 14.9. The molecule has 4 nitrogen and oxygen atoms in total. The molecule has 0 radical (unpaired) electrons. The predicted molar refractivity (Wildman–Crippen MR) is 308 cm³/mol. The molecular weight excluding hydrogens is 913 g/mol. The molecule has 16 aromatic rings. The van der Waals surface area contributed by atoms with Gasteiger partial charge in [0.15, 0.2) is 0 Å². The van der Waals surface area contributed by atoms with E-state index in [1.807, 2.05) is 0 Å². The summed E-state index contributed by atoms with van der Waals surface area (Å²) in [4.78, 5) is 12.6. The molecule has 0 aliphatic carbocycles. The molecule has 0 N–H and O–H groups in total. The molecule has 6 heterocycles. The van der Waals surface area contributed by atoms with Crippen LogP contribution < -0.4 is 0 Å². The maximum atomic E-state index is 5.26. The van der Waals surface area contributed by atoms with E-state index in [0.717, 1.165) is 31.5 Å². The molecule has 0 fully saturated rings. The zero-order valence-electron chi connectivity index (χ0n) is 38.5. The number of benzene rings is 10. The van der Waals surface area contributed by atoms with Crippen LogP contribution in [-0.2, 0) is 0 Å². The summed E-state index contributed by atoms with van der Waals surface area (Å²) < 4.78 is 7.49. The molecule has 10 aromatic carbocycles. The van der Waals surface area contributed by atoms with Crippen LogP contribution in [0.4, 0.5) is 0 Å². The topological polar surface area (TPSA) is 35.6 Å².